The second kappa shape index (κ2) is 6.08. The summed E-state index contributed by atoms with van der Waals surface area (Å²) in [6.45, 7) is 1.93. The van der Waals surface area contributed by atoms with Crippen LogP contribution in [0.15, 0.2) is 0 Å². The largest absolute Gasteiger partial charge is 0.369 e. The minimum atomic E-state index is -0.142. The molecule has 0 aromatic rings. The van der Waals surface area contributed by atoms with Crippen molar-refractivity contribution in [2.45, 2.75) is 31.7 Å². The third kappa shape index (κ3) is 4.18. The summed E-state index contributed by atoms with van der Waals surface area (Å²) in [4.78, 5) is 13.4. The van der Waals surface area contributed by atoms with Crippen LogP contribution in [0, 0.1) is 5.92 Å². The van der Waals surface area contributed by atoms with Crippen molar-refractivity contribution >= 4 is 5.91 Å². The second-order valence-electron chi connectivity index (χ2n) is 4.66. The van der Waals surface area contributed by atoms with E-state index in [2.05, 4.69) is 10.2 Å². The van der Waals surface area contributed by atoms with Crippen LogP contribution in [0.3, 0.4) is 0 Å². The highest BCUT2D eigenvalue weighted by molar-refractivity contribution is 5.77. The highest BCUT2D eigenvalue weighted by Crippen LogP contribution is 2.23. The van der Waals surface area contributed by atoms with Crippen LogP contribution in [-0.4, -0.2) is 44.0 Å². The maximum absolute atomic E-state index is 11.2. The molecule has 0 aromatic heterocycles. The lowest BCUT2D eigenvalue weighted by Crippen LogP contribution is -2.46. The first-order valence-corrected chi connectivity index (χ1v) is 5.78. The van der Waals surface area contributed by atoms with Gasteiger partial charge in [-0.3, -0.25) is 4.79 Å². The van der Waals surface area contributed by atoms with E-state index in [1.165, 1.54) is 6.42 Å². The van der Waals surface area contributed by atoms with E-state index in [0.717, 1.165) is 32.4 Å². The zero-order valence-corrected chi connectivity index (χ0v) is 9.83. The van der Waals surface area contributed by atoms with Crippen LogP contribution in [0.2, 0.25) is 0 Å². The van der Waals surface area contributed by atoms with Gasteiger partial charge in [-0.1, -0.05) is 12.8 Å². The van der Waals surface area contributed by atoms with Crippen LogP contribution in [0.1, 0.15) is 25.7 Å². The standard InChI is InChI=1S/C11H23N3O/c1-14(2)8-7-13-10-6-4-3-5-9(10)11(12)15/h9-10,13H,3-8H2,1-2H3,(H2,12,15). The summed E-state index contributed by atoms with van der Waals surface area (Å²) in [5.74, 6) is -0.0991. The van der Waals surface area contributed by atoms with Crippen molar-refractivity contribution in [3.8, 4) is 0 Å². The third-order valence-corrected chi connectivity index (χ3v) is 3.10. The highest BCUT2D eigenvalue weighted by Gasteiger charge is 2.28. The first-order valence-electron chi connectivity index (χ1n) is 5.78. The summed E-state index contributed by atoms with van der Waals surface area (Å²) >= 11 is 0. The molecule has 1 rings (SSSR count). The zero-order valence-electron chi connectivity index (χ0n) is 9.83. The average molecular weight is 213 g/mol. The van der Waals surface area contributed by atoms with E-state index in [-0.39, 0.29) is 11.8 Å². The number of amides is 1. The van der Waals surface area contributed by atoms with Gasteiger partial charge in [-0.25, -0.2) is 0 Å². The van der Waals surface area contributed by atoms with Gasteiger partial charge in [0.2, 0.25) is 5.91 Å². The molecule has 15 heavy (non-hydrogen) atoms. The Kier molecular flexibility index (Phi) is 5.05. The number of carbonyl (C=O) groups excluding carboxylic acids is 1. The predicted octanol–water partition coefficient (Wildman–Crippen LogP) is 0.182. The molecule has 0 spiro atoms. The Bertz CT molecular complexity index is 206. The number of likely N-dealkylation sites (N-methyl/N-ethyl adjacent to an activating group) is 1. The van der Waals surface area contributed by atoms with Gasteiger partial charge in [-0.2, -0.15) is 0 Å². The van der Waals surface area contributed by atoms with Crippen molar-refractivity contribution in [3.05, 3.63) is 0 Å². The van der Waals surface area contributed by atoms with Gasteiger partial charge < -0.3 is 16.0 Å². The van der Waals surface area contributed by atoms with Crippen LogP contribution < -0.4 is 11.1 Å². The summed E-state index contributed by atoms with van der Waals surface area (Å²) in [7, 11) is 4.10. The predicted molar refractivity (Wildman–Crippen MR) is 61.5 cm³/mol. The lowest BCUT2D eigenvalue weighted by molar-refractivity contribution is -0.123. The summed E-state index contributed by atoms with van der Waals surface area (Å²) in [5.41, 5.74) is 5.40. The molecule has 0 aromatic carbocycles. The summed E-state index contributed by atoms with van der Waals surface area (Å²) in [6.07, 6.45) is 4.39. The van der Waals surface area contributed by atoms with Crippen LogP contribution in [-0.2, 0) is 4.79 Å². The summed E-state index contributed by atoms with van der Waals surface area (Å²) < 4.78 is 0. The van der Waals surface area contributed by atoms with Gasteiger partial charge in [0.1, 0.15) is 0 Å². The molecular weight excluding hydrogens is 190 g/mol. The van der Waals surface area contributed by atoms with Crippen LogP contribution in [0.4, 0.5) is 0 Å². The van der Waals surface area contributed by atoms with Crippen molar-refractivity contribution in [1.82, 2.24) is 10.2 Å². The van der Waals surface area contributed by atoms with Gasteiger partial charge in [0.05, 0.1) is 5.92 Å². The fraction of sp³-hybridized carbons (Fsp3) is 0.909. The normalized spacial score (nSPS) is 26.9. The summed E-state index contributed by atoms with van der Waals surface area (Å²) in [6, 6.07) is 0.302. The molecule has 1 aliphatic carbocycles. The number of rotatable bonds is 5. The molecule has 2 unspecified atom stereocenters. The monoisotopic (exact) mass is 213 g/mol. The Balaban J connectivity index is 2.33. The molecule has 0 radical (unpaired) electrons. The zero-order chi connectivity index (χ0) is 11.3. The molecule has 3 N–H and O–H groups in total. The van der Waals surface area contributed by atoms with Crippen molar-refractivity contribution in [3.63, 3.8) is 0 Å². The Labute approximate surface area is 92.2 Å². The Morgan fingerprint density at radius 3 is 2.67 bits per heavy atom. The fourth-order valence-corrected chi connectivity index (χ4v) is 2.19. The number of nitrogens with zero attached hydrogens (tertiary/aromatic N) is 1. The molecule has 4 heteroatoms. The number of hydrogen-bond donors (Lipinski definition) is 2. The Morgan fingerprint density at radius 1 is 1.40 bits per heavy atom. The first kappa shape index (κ1) is 12.5. The molecule has 4 nitrogen and oxygen atoms in total. The van der Waals surface area contributed by atoms with Gasteiger partial charge >= 0.3 is 0 Å². The number of hydrogen-bond acceptors (Lipinski definition) is 3. The third-order valence-electron chi connectivity index (χ3n) is 3.10. The Hall–Kier alpha value is -0.610. The van der Waals surface area contributed by atoms with E-state index < -0.39 is 0 Å². The molecule has 1 aliphatic rings. The molecular formula is C11H23N3O. The molecule has 0 aliphatic heterocycles. The number of primary amides is 1. The van der Waals surface area contributed by atoms with Gasteiger partial charge in [0.25, 0.3) is 0 Å². The van der Waals surface area contributed by atoms with Gasteiger partial charge in [-0.05, 0) is 26.9 Å². The Morgan fingerprint density at radius 2 is 2.07 bits per heavy atom. The molecule has 1 amide bonds. The number of nitrogens with two attached hydrogens (primary N) is 1. The maximum atomic E-state index is 11.2. The quantitative estimate of drug-likeness (QED) is 0.685. The highest BCUT2D eigenvalue weighted by atomic mass is 16.1. The molecule has 0 bridgehead atoms. The maximum Gasteiger partial charge on any atom is 0.222 e. The molecule has 88 valence electrons. The minimum Gasteiger partial charge on any atom is -0.369 e. The molecule has 0 heterocycles. The lowest BCUT2D eigenvalue weighted by Gasteiger charge is -2.30. The molecule has 2 atom stereocenters. The second-order valence-corrected chi connectivity index (χ2v) is 4.66. The lowest BCUT2D eigenvalue weighted by atomic mass is 9.84. The van der Waals surface area contributed by atoms with Crippen LogP contribution in [0.25, 0.3) is 0 Å². The van der Waals surface area contributed by atoms with Crippen molar-refractivity contribution in [2.75, 3.05) is 27.2 Å². The van der Waals surface area contributed by atoms with Crippen LogP contribution in [0.5, 0.6) is 0 Å². The minimum absolute atomic E-state index is 0.0425. The summed E-state index contributed by atoms with van der Waals surface area (Å²) in [5, 5.41) is 3.44. The number of carbonyl (C=O) groups is 1. The number of nitrogens with one attached hydrogen (secondary N) is 1. The van der Waals surface area contributed by atoms with Crippen molar-refractivity contribution in [2.24, 2.45) is 11.7 Å². The van der Waals surface area contributed by atoms with Crippen molar-refractivity contribution < 1.29 is 4.79 Å². The topological polar surface area (TPSA) is 58.4 Å². The first-order chi connectivity index (χ1) is 7.11. The van der Waals surface area contributed by atoms with E-state index in [1.807, 2.05) is 14.1 Å². The van der Waals surface area contributed by atoms with E-state index in [4.69, 9.17) is 5.73 Å². The SMILES string of the molecule is CN(C)CCNC1CCCCC1C(N)=O. The van der Waals surface area contributed by atoms with Gasteiger partial charge in [0.15, 0.2) is 0 Å². The van der Waals surface area contributed by atoms with Crippen molar-refractivity contribution in [1.29, 1.82) is 0 Å². The van der Waals surface area contributed by atoms with E-state index in [0.29, 0.717) is 6.04 Å². The van der Waals surface area contributed by atoms with E-state index in [1.54, 1.807) is 0 Å². The smallest absolute Gasteiger partial charge is 0.222 e. The van der Waals surface area contributed by atoms with Crippen LogP contribution >= 0.6 is 0 Å². The van der Waals surface area contributed by atoms with Gasteiger partial charge in [-0.15, -0.1) is 0 Å². The van der Waals surface area contributed by atoms with Gasteiger partial charge in [0, 0.05) is 19.1 Å². The molecule has 0 saturated heterocycles. The van der Waals surface area contributed by atoms with E-state index in [9.17, 15) is 4.79 Å². The average Bonchev–Trinajstić information content (AvgIpc) is 2.17. The van der Waals surface area contributed by atoms with E-state index >= 15 is 0 Å². The fourth-order valence-electron chi connectivity index (χ4n) is 2.19. The molecule has 1 fully saturated rings. The molecule has 1 saturated carbocycles.